The standard InChI is InChI=1S/C18H31N5O4S/c1-14(2)22-11-16(19-13-22)15-10-23(28(25,26)20(3)4)12-18(15)6-7-21(17(18)24)8-9-27-5/h11,13-15H,6-10,12H2,1-5H3/t15-,18-/m1/s1. The molecule has 28 heavy (non-hydrogen) atoms. The zero-order valence-corrected chi connectivity index (χ0v) is 18.1. The van der Waals surface area contributed by atoms with E-state index in [1.165, 1.54) is 22.7 Å². The third kappa shape index (κ3) is 3.47. The molecule has 1 aromatic heterocycles. The number of nitrogens with zero attached hydrogens (tertiary/aromatic N) is 5. The van der Waals surface area contributed by atoms with Gasteiger partial charge in [0.1, 0.15) is 0 Å². The van der Waals surface area contributed by atoms with Crippen LogP contribution in [-0.2, 0) is 19.7 Å². The summed E-state index contributed by atoms with van der Waals surface area (Å²) in [6.45, 7) is 6.17. The fourth-order valence-corrected chi connectivity index (χ4v) is 5.40. The molecule has 2 aliphatic heterocycles. The molecule has 0 radical (unpaired) electrons. The first-order valence-electron chi connectivity index (χ1n) is 9.62. The quantitative estimate of drug-likeness (QED) is 0.651. The Morgan fingerprint density at radius 3 is 2.68 bits per heavy atom. The second-order valence-corrected chi connectivity index (χ2v) is 10.3. The highest BCUT2D eigenvalue weighted by molar-refractivity contribution is 7.86. The van der Waals surface area contributed by atoms with E-state index in [0.717, 1.165) is 5.69 Å². The van der Waals surface area contributed by atoms with Crippen molar-refractivity contribution in [2.24, 2.45) is 5.41 Å². The highest BCUT2D eigenvalue weighted by Crippen LogP contribution is 2.50. The number of rotatable bonds is 7. The van der Waals surface area contributed by atoms with Crippen LogP contribution in [0.3, 0.4) is 0 Å². The van der Waals surface area contributed by atoms with Gasteiger partial charge in [0.25, 0.3) is 10.2 Å². The molecule has 0 N–H and O–H groups in total. The fourth-order valence-electron chi connectivity index (χ4n) is 4.21. The van der Waals surface area contributed by atoms with Gasteiger partial charge in [-0.2, -0.15) is 17.0 Å². The predicted octanol–water partition coefficient (Wildman–Crippen LogP) is 0.535. The van der Waals surface area contributed by atoms with E-state index in [2.05, 4.69) is 18.8 Å². The maximum absolute atomic E-state index is 13.4. The zero-order chi connectivity index (χ0) is 20.7. The second-order valence-electron chi connectivity index (χ2n) is 8.17. The summed E-state index contributed by atoms with van der Waals surface area (Å²) < 4.78 is 35.4. The molecule has 2 aliphatic rings. The Kier molecular flexibility index (Phi) is 5.86. The summed E-state index contributed by atoms with van der Waals surface area (Å²) in [6, 6.07) is 0.248. The lowest BCUT2D eigenvalue weighted by Gasteiger charge is -2.28. The Balaban J connectivity index is 1.98. The minimum atomic E-state index is -3.61. The number of likely N-dealkylation sites (tertiary alicyclic amines) is 1. The van der Waals surface area contributed by atoms with Gasteiger partial charge in [0.2, 0.25) is 5.91 Å². The Morgan fingerprint density at radius 2 is 2.11 bits per heavy atom. The molecule has 2 atom stereocenters. The summed E-state index contributed by atoms with van der Waals surface area (Å²) in [6.07, 6.45) is 4.33. The van der Waals surface area contributed by atoms with E-state index in [4.69, 9.17) is 4.74 Å². The molecule has 158 valence electrons. The minimum absolute atomic E-state index is 0.00473. The van der Waals surface area contributed by atoms with Gasteiger partial charge in [-0.3, -0.25) is 4.79 Å². The number of carbonyl (C=O) groups excluding carboxylic acids is 1. The first-order chi connectivity index (χ1) is 13.1. The van der Waals surface area contributed by atoms with E-state index in [0.29, 0.717) is 26.1 Å². The lowest BCUT2D eigenvalue weighted by molar-refractivity contribution is -0.136. The zero-order valence-electron chi connectivity index (χ0n) is 17.3. The summed E-state index contributed by atoms with van der Waals surface area (Å²) in [5.41, 5.74) is 0.0135. The van der Waals surface area contributed by atoms with Crippen molar-refractivity contribution in [1.29, 1.82) is 0 Å². The van der Waals surface area contributed by atoms with Gasteiger partial charge < -0.3 is 14.2 Å². The van der Waals surface area contributed by atoms with Crippen LogP contribution in [0.2, 0.25) is 0 Å². The molecular formula is C18H31N5O4S. The van der Waals surface area contributed by atoms with Gasteiger partial charge in [-0.25, -0.2) is 4.98 Å². The average Bonchev–Trinajstić information content (AvgIpc) is 3.33. The SMILES string of the molecule is COCCN1CC[C@]2(CN(S(=O)(=O)N(C)C)C[C@@H]2c2cn(C(C)C)cn2)C1=O. The monoisotopic (exact) mass is 413 g/mol. The minimum Gasteiger partial charge on any atom is -0.383 e. The molecule has 3 heterocycles. The maximum atomic E-state index is 13.4. The topological polar surface area (TPSA) is 88.0 Å². The van der Waals surface area contributed by atoms with Crippen LogP contribution >= 0.6 is 0 Å². The van der Waals surface area contributed by atoms with Crippen molar-refractivity contribution >= 4 is 16.1 Å². The molecule has 0 unspecified atom stereocenters. The van der Waals surface area contributed by atoms with Crippen LogP contribution in [0, 0.1) is 5.41 Å². The third-order valence-electron chi connectivity index (χ3n) is 5.98. The number of carbonyl (C=O) groups is 1. The van der Waals surface area contributed by atoms with E-state index in [1.54, 1.807) is 18.3 Å². The van der Waals surface area contributed by atoms with Crippen molar-refractivity contribution in [1.82, 2.24) is 23.1 Å². The highest BCUT2D eigenvalue weighted by atomic mass is 32.2. The number of amides is 1. The molecule has 0 saturated carbocycles. The van der Waals surface area contributed by atoms with Gasteiger partial charge >= 0.3 is 0 Å². The summed E-state index contributed by atoms with van der Waals surface area (Å²) >= 11 is 0. The molecule has 0 aliphatic carbocycles. The molecule has 3 rings (SSSR count). The van der Waals surface area contributed by atoms with Crippen molar-refractivity contribution in [3.63, 3.8) is 0 Å². The summed E-state index contributed by atoms with van der Waals surface area (Å²) in [4.78, 5) is 19.8. The molecule has 9 nitrogen and oxygen atoms in total. The van der Waals surface area contributed by atoms with Gasteiger partial charge in [0.15, 0.2) is 0 Å². The predicted molar refractivity (Wildman–Crippen MR) is 105 cm³/mol. The van der Waals surface area contributed by atoms with Gasteiger partial charge in [0, 0.05) is 65.5 Å². The van der Waals surface area contributed by atoms with Gasteiger partial charge in [-0.1, -0.05) is 0 Å². The normalized spacial score (nSPS) is 26.5. The van der Waals surface area contributed by atoms with Crippen molar-refractivity contribution in [3.8, 4) is 0 Å². The van der Waals surface area contributed by atoms with Crippen LogP contribution in [0.25, 0.3) is 0 Å². The van der Waals surface area contributed by atoms with E-state index in [9.17, 15) is 13.2 Å². The first-order valence-corrected chi connectivity index (χ1v) is 11.0. The number of hydrogen-bond donors (Lipinski definition) is 0. The Morgan fingerprint density at radius 1 is 1.39 bits per heavy atom. The first kappa shape index (κ1) is 21.2. The molecular weight excluding hydrogens is 382 g/mol. The average molecular weight is 414 g/mol. The molecule has 10 heteroatoms. The van der Waals surface area contributed by atoms with E-state index in [1.807, 2.05) is 10.8 Å². The molecule has 2 saturated heterocycles. The largest absolute Gasteiger partial charge is 0.383 e. The van der Waals surface area contributed by atoms with Crippen LogP contribution < -0.4 is 0 Å². The van der Waals surface area contributed by atoms with E-state index >= 15 is 0 Å². The highest BCUT2D eigenvalue weighted by Gasteiger charge is 2.59. The lowest BCUT2D eigenvalue weighted by atomic mass is 9.75. The van der Waals surface area contributed by atoms with E-state index < -0.39 is 15.6 Å². The Labute approximate surface area is 167 Å². The van der Waals surface area contributed by atoms with Crippen LogP contribution in [0.5, 0.6) is 0 Å². The summed E-state index contributed by atoms with van der Waals surface area (Å²) in [5.74, 6) is -0.257. The Bertz CT molecular complexity index is 822. The van der Waals surface area contributed by atoms with Gasteiger partial charge in [-0.05, 0) is 20.3 Å². The molecule has 0 aromatic carbocycles. The molecule has 1 spiro atoms. The number of methoxy groups -OCH3 is 1. The number of imidazole rings is 1. The van der Waals surface area contributed by atoms with Crippen LogP contribution in [0.15, 0.2) is 12.5 Å². The van der Waals surface area contributed by atoms with E-state index in [-0.39, 0.29) is 31.0 Å². The second kappa shape index (κ2) is 7.74. The summed E-state index contributed by atoms with van der Waals surface area (Å²) in [5, 5.41) is 0. The van der Waals surface area contributed by atoms with Gasteiger partial charge in [0.05, 0.1) is 24.0 Å². The third-order valence-corrected chi connectivity index (χ3v) is 7.83. The van der Waals surface area contributed by atoms with Gasteiger partial charge in [-0.15, -0.1) is 0 Å². The smallest absolute Gasteiger partial charge is 0.281 e. The van der Waals surface area contributed by atoms with Crippen molar-refractivity contribution < 1.29 is 17.9 Å². The molecule has 1 amide bonds. The number of hydrogen-bond acceptors (Lipinski definition) is 5. The van der Waals surface area contributed by atoms with Crippen molar-refractivity contribution in [2.45, 2.75) is 32.2 Å². The summed E-state index contributed by atoms with van der Waals surface area (Å²) in [7, 11) is 1.03. The number of ether oxygens (including phenoxy) is 1. The van der Waals surface area contributed by atoms with Crippen LogP contribution in [0.4, 0.5) is 0 Å². The molecule has 0 bridgehead atoms. The number of aromatic nitrogens is 2. The molecule has 1 aromatic rings. The molecule has 2 fully saturated rings. The van der Waals surface area contributed by atoms with Crippen molar-refractivity contribution in [2.75, 3.05) is 54.0 Å². The van der Waals surface area contributed by atoms with Crippen LogP contribution in [-0.4, -0.2) is 91.4 Å². The maximum Gasteiger partial charge on any atom is 0.281 e. The van der Waals surface area contributed by atoms with Crippen molar-refractivity contribution in [3.05, 3.63) is 18.2 Å². The lowest BCUT2D eigenvalue weighted by Crippen LogP contribution is -2.43. The Hall–Kier alpha value is -1.49. The fraction of sp³-hybridized carbons (Fsp3) is 0.778. The van der Waals surface area contributed by atoms with Crippen LogP contribution in [0.1, 0.15) is 37.9 Å².